The second-order valence-corrected chi connectivity index (χ2v) is 4.49. The lowest BCUT2D eigenvalue weighted by Crippen LogP contribution is -2.42. The van der Waals surface area contributed by atoms with Crippen LogP contribution in [0.5, 0.6) is 0 Å². The molecule has 0 aromatic rings. The zero-order valence-electron chi connectivity index (χ0n) is 11.1. The summed E-state index contributed by atoms with van der Waals surface area (Å²) >= 11 is 0. The van der Waals surface area contributed by atoms with Crippen molar-refractivity contribution in [2.24, 2.45) is 5.73 Å². The molecular formula is C13H30N2. The molecule has 92 valence electrons. The van der Waals surface area contributed by atoms with E-state index in [1.54, 1.807) is 0 Å². The third kappa shape index (κ3) is 5.53. The Morgan fingerprint density at radius 1 is 1.13 bits per heavy atom. The Labute approximate surface area is 96.2 Å². The molecular weight excluding hydrogens is 184 g/mol. The fraction of sp³-hybridized carbons (Fsp3) is 1.00. The van der Waals surface area contributed by atoms with Gasteiger partial charge < -0.3 is 5.73 Å². The van der Waals surface area contributed by atoms with E-state index in [0.717, 1.165) is 13.0 Å². The first-order valence-corrected chi connectivity index (χ1v) is 6.66. The molecule has 0 saturated heterocycles. The van der Waals surface area contributed by atoms with Gasteiger partial charge in [0.05, 0.1) is 0 Å². The van der Waals surface area contributed by atoms with Crippen molar-refractivity contribution in [3.8, 4) is 0 Å². The topological polar surface area (TPSA) is 29.3 Å². The van der Waals surface area contributed by atoms with Gasteiger partial charge in [0.2, 0.25) is 0 Å². The highest BCUT2D eigenvalue weighted by Crippen LogP contribution is 2.15. The molecule has 0 radical (unpaired) electrons. The minimum atomic E-state index is 0.691. The van der Waals surface area contributed by atoms with E-state index in [0.29, 0.717) is 12.1 Å². The van der Waals surface area contributed by atoms with Gasteiger partial charge in [-0.15, -0.1) is 0 Å². The summed E-state index contributed by atoms with van der Waals surface area (Å²) in [4.78, 5) is 2.66. The van der Waals surface area contributed by atoms with Crippen molar-refractivity contribution >= 4 is 0 Å². The molecule has 2 unspecified atom stereocenters. The van der Waals surface area contributed by atoms with Gasteiger partial charge in [0, 0.05) is 12.1 Å². The minimum absolute atomic E-state index is 0.691. The van der Waals surface area contributed by atoms with Crippen molar-refractivity contribution in [1.29, 1.82) is 0 Å². The van der Waals surface area contributed by atoms with Crippen molar-refractivity contribution in [2.45, 2.75) is 71.9 Å². The Hall–Kier alpha value is -0.0800. The summed E-state index contributed by atoms with van der Waals surface area (Å²) in [6, 6.07) is 1.39. The summed E-state index contributed by atoms with van der Waals surface area (Å²) in [5.74, 6) is 0. The molecule has 0 heterocycles. The Kier molecular flexibility index (Phi) is 9.12. The van der Waals surface area contributed by atoms with Gasteiger partial charge in [-0.05, 0) is 45.7 Å². The Balaban J connectivity index is 4.28. The van der Waals surface area contributed by atoms with Crippen LogP contribution in [0.3, 0.4) is 0 Å². The maximum atomic E-state index is 5.69. The number of unbranched alkanes of at least 4 members (excludes halogenated alkanes) is 1. The average Bonchev–Trinajstić information content (AvgIpc) is 2.27. The van der Waals surface area contributed by atoms with Gasteiger partial charge in [-0.25, -0.2) is 0 Å². The van der Waals surface area contributed by atoms with Crippen LogP contribution < -0.4 is 5.73 Å². The normalized spacial score (nSPS) is 15.6. The van der Waals surface area contributed by atoms with Crippen LogP contribution in [0.25, 0.3) is 0 Å². The third-order valence-corrected chi connectivity index (χ3v) is 3.37. The van der Waals surface area contributed by atoms with E-state index in [4.69, 9.17) is 5.73 Å². The summed E-state index contributed by atoms with van der Waals surface area (Å²) in [6.07, 6.45) is 6.21. The Morgan fingerprint density at radius 2 is 1.80 bits per heavy atom. The van der Waals surface area contributed by atoms with Crippen LogP contribution in [0.4, 0.5) is 0 Å². The zero-order chi connectivity index (χ0) is 11.7. The molecule has 2 heteroatoms. The highest BCUT2D eigenvalue weighted by Gasteiger charge is 2.19. The molecule has 0 aliphatic heterocycles. The summed E-state index contributed by atoms with van der Waals surface area (Å²) < 4.78 is 0. The molecule has 0 saturated carbocycles. The fourth-order valence-corrected chi connectivity index (χ4v) is 2.13. The van der Waals surface area contributed by atoms with Gasteiger partial charge in [0.15, 0.2) is 0 Å². The highest BCUT2D eigenvalue weighted by molar-refractivity contribution is 4.75. The second-order valence-electron chi connectivity index (χ2n) is 4.49. The van der Waals surface area contributed by atoms with Crippen LogP contribution in [0.1, 0.15) is 59.8 Å². The van der Waals surface area contributed by atoms with Crippen molar-refractivity contribution in [1.82, 2.24) is 4.90 Å². The first kappa shape index (κ1) is 14.9. The summed E-state index contributed by atoms with van der Waals surface area (Å²) in [6.45, 7) is 11.2. The SMILES string of the molecule is CCCCN(C(C)CC)C(CC)CCN. The van der Waals surface area contributed by atoms with Gasteiger partial charge in [-0.3, -0.25) is 4.90 Å². The molecule has 0 aliphatic carbocycles. The van der Waals surface area contributed by atoms with Crippen LogP contribution in [0, 0.1) is 0 Å². The molecule has 0 rings (SSSR count). The molecule has 0 bridgehead atoms. The fourth-order valence-electron chi connectivity index (χ4n) is 2.13. The van der Waals surface area contributed by atoms with E-state index in [9.17, 15) is 0 Å². The minimum Gasteiger partial charge on any atom is -0.330 e. The second kappa shape index (κ2) is 9.17. The van der Waals surface area contributed by atoms with Gasteiger partial charge in [-0.2, -0.15) is 0 Å². The van der Waals surface area contributed by atoms with E-state index in [2.05, 4.69) is 32.6 Å². The van der Waals surface area contributed by atoms with Crippen molar-refractivity contribution < 1.29 is 0 Å². The Morgan fingerprint density at radius 3 is 2.20 bits per heavy atom. The van der Waals surface area contributed by atoms with Crippen LogP contribution in [-0.2, 0) is 0 Å². The first-order valence-electron chi connectivity index (χ1n) is 6.66. The lowest BCUT2D eigenvalue weighted by atomic mass is 10.0. The quantitative estimate of drug-likeness (QED) is 0.639. The lowest BCUT2D eigenvalue weighted by molar-refractivity contribution is 0.128. The number of nitrogens with zero attached hydrogens (tertiary/aromatic N) is 1. The zero-order valence-corrected chi connectivity index (χ0v) is 11.1. The molecule has 0 spiro atoms. The summed E-state index contributed by atoms with van der Waals surface area (Å²) in [5.41, 5.74) is 5.69. The standard InChI is InChI=1S/C13H30N2/c1-5-8-11-15(12(4)6-2)13(7-3)9-10-14/h12-13H,5-11,14H2,1-4H3. The molecule has 0 amide bonds. The van der Waals surface area contributed by atoms with Gasteiger partial charge in [0.25, 0.3) is 0 Å². The molecule has 2 atom stereocenters. The first-order chi connectivity index (χ1) is 7.21. The summed E-state index contributed by atoms with van der Waals surface area (Å²) in [7, 11) is 0. The third-order valence-electron chi connectivity index (χ3n) is 3.37. The molecule has 15 heavy (non-hydrogen) atoms. The maximum Gasteiger partial charge on any atom is 0.0107 e. The number of hydrogen-bond acceptors (Lipinski definition) is 2. The number of nitrogens with two attached hydrogens (primary N) is 1. The van der Waals surface area contributed by atoms with Crippen molar-refractivity contribution in [3.05, 3.63) is 0 Å². The van der Waals surface area contributed by atoms with Gasteiger partial charge >= 0.3 is 0 Å². The van der Waals surface area contributed by atoms with Gasteiger partial charge in [-0.1, -0.05) is 27.2 Å². The van der Waals surface area contributed by atoms with Crippen molar-refractivity contribution in [3.63, 3.8) is 0 Å². The monoisotopic (exact) mass is 214 g/mol. The average molecular weight is 214 g/mol. The maximum absolute atomic E-state index is 5.69. The smallest absolute Gasteiger partial charge is 0.0107 e. The van der Waals surface area contributed by atoms with Crippen LogP contribution in [0.2, 0.25) is 0 Å². The van der Waals surface area contributed by atoms with E-state index >= 15 is 0 Å². The molecule has 2 nitrogen and oxygen atoms in total. The lowest BCUT2D eigenvalue weighted by Gasteiger charge is -2.35. The van der Waals surface area contributed by atoms with E-state index in [1.807, 2.05) is 0 Å². The number of hydrogen-bond donors (Lipinski definition) is 1. The van der Waals surface area contributed by atoms with E-state index in [-0.39, 0.29) is 0 Å². The predicted octanol–water partition coefficient (Wildman–Crippen LogP) is 3.01. The largest absolute Gasteiger partial charge is 0.330 e. The number of rotatable bonds is 9. The molecule has 0 aromatic heterocycles. The van der Waals surface area contributed by atoms with Crippen LogP contribution in [-0.4, -0.2) is 30.1 Å². The van der Waals surface area contributed by atoms with Crippen molar-refractivity contribution in [2.75, 3.05) is 13.1 Å². The molecule has 0 fully saturated rings. The molecule has 0 aliphatic rings. The molecule has 0 aromatic carbocycles. The predicted molar refractivity (Wildman–Crippen MR) is 69.1 cm³/mol. The molecule has 2 N–H and O–H groups in total. The van der Waals surface area contributed by atoms with Crippen LogP contribution >= 0.6 is 0 Å². The summed E-state index contributed by atoms with van der Waals surface area (Å²) in [5, 5.41) is 0. The van der Waals surface area contributed by atoms with E-state index < -0.39 is 0 Å². The van der Waals surface area contributed by atoms with Gasteiger partial charge in [0.1, 0.15) is 0 Å². The van der Waals surface area contributed by atoms with E-state index in [1.165, 1.54) is 32.2 Å². The van der Waals surface area contributed by atoms with Crippen LogP contribution in [0.15, 0.2) is 0 Å². The Bertz CT molecular complexity index is 136. The highest BCUT2D eigenvalue weighted by atomic mass is 15.2.